The Labute approximate surface area is 144 Å². The molecule has 2 saturated heterocycles. The normalized spacial score (nSPS) is 22.2. The Morgan fingerprint density at radius 1 is 1.22 bits per heavy atom. The summed E-state index contributed by atoms with van der Waals surface area (Å²) >= 11 is 0. The van der Waals surface area contributed by atoms with E-state index >= 15 is 0 Å². The smallest absolute Gasteiger partial charge is 0.254 e. The Hall–Kier alpha value is -1.26. The predicted octanol–water partition coefficient (Wildman–Crippen LogP) is 3.11. The molecule has 3 aliphatic rings. The Balaban J connectivity index is 0.00000156. The number of rotatable bonds is 1. The summed E-state index contributed by atoms with van der Waals surface area (Å²) in [4.78, 5) is 15.1. The maximum Gasteiger partial charge on any atom is 0.254 e. The van der Waals surface area contributed by atoms with Crippen molar-refractivity contribution in [3.05, 3.63) is 29.3 Å². The molecule has 0 saturated carbocycles. The molecule has 126 valence electrons. The summed E-state index contributed by atoms with van der Waals surface area (Å²) in [7, 11) is 0. The summed E-state index contributed by atoms with van der Waals surface area (Å²) in [6, 6.07) is 6.10. The highest BCUT2D eigenvalue weighted by Gasteiger charge is 2.41. The molecule has 0 atom stereocenters. The van der Waals surface area contributed by atoms with Gasteiger partial charge in [0.05, 0.1) is 0 Å². The zero-order valence-electron chi connectivity index (χ0n) is 13.5. The first-order valence-corrected chi connectivity index (χ1v) is 8.50. The second-order valence-corrected chi connectivity index (χ2v) is 6.95. The molecule has 4 nitrogen and oxygen atoms in total. The van der Waals surface area contributed by atoms with Crippen molar-refractivity contribution in [3.8, 4) is 0 Å². The second-order valence-electron chi connectivity index (χ2n) is 6.95. The van der Waals surface area contributed by atoms with E-state index in [0.29, 0.717) is 5.41 Å². The van der Waals surface area contributed by atoms with E-state index < -0.39 is 0 Å². The quantitative estimate of drug-likeness (QED) is 0.856. The third-order valence-corrected chi connectivity index (χ3v) is 5.60. The van der Waals surface area contributed by atoms with E-state index in [9.17, 15) is 4.79 Å². The molecule has 0 aliphatic carbocycles. The Morgan fingerprint density at radius 3 is 2.87 bits per heavy atom. The molecule has 1 aromatic carbocycles. The minimum Gasteiger partial charge on any atom is -0.385 e. The van der Waals surface area contributed by atoms with Crippen LogP contribution in [0.25, 0.3) is 0 Å². The largest absolute Gasteiger partial charge is 0.385 e. The van der Waals surface area contributed by atoms with Crippen LogP contribution in [0, 0.1) is 5.41 Å². The average Bonchev–Trinajstić information content (AvgIpc) is 2.98. The summed E-state index contributed by atoms with van der Waals surface area (Å²) in [6.45, 7) is 4.53. The number of halogens is 1. The molecule has 1 amide bonds. The molecule has 1 aromatic rings. The lowest BCUT2D eigenvalue weighted by molar-refractivity contribution is 0.0191. The molecule has 3 heterocycles. The second kappa shape index (κ2) is 6.70. The lowest BCUT2D eigenvalue weighted by atomic mass is 9.80. The van der Waals surface area contributed by atoms with Gasteiger partial charge in [0.25, 0.3) is 5.91 Å². The number of nitrogens with one attached hydrogen (secondary N) is 1. The van der Waals surface area contributed by atoms with Crippen LogP contribution in [0.4, 0.5) is 5.69 Å². The summed E-state index contributed by atoms with van der Waals surface area (Å²) < 4.78 is 5.50. The number of carbonyl (C=O) groups is 1. The van der Waals surface area contributed by atoms with Crippen molar-refractivity contribution in [1.82, 2.24) is 4.90 Å². The number of benzene rings is 1. The molecule has 1 N–H and O–H groups in total. The average molecular weight is 337 g/mol. The van der Waals surface area contributed by atoms with Crippen LogP contribution in [0.2, 0.25) is 0 Å². The number of amides is 1. The molecule has 1 spiro atoms. The minimum absolute atomic E-state index is 0. The van der Waals surface area contributed by atoms with Crippen LogP contribution in [0.5, 0.6) is 0 Å². The van der Waals surface area contributed by atoms with E-state index in [-0.39, 0.29) is 18.3 Å². The van der Waals surface area contributed by atoms with Gasteiger partial charge in [0.15, 0.2) is 0 Å². The van der Waals surface area contributed by atoms with E-state index in [2.05, 4.69) is 16.3 Å². The first-order chi connectivity index (χ1) is 10.8. The highest BCUT2D eigenvalue weighted by molar-refractivity contribution is 5.97. The summed E-state index contributed by atoms with van der Waals surface area (Å²) in [6.07, 6.45) is 5.46. The molecule has 5 heteroatoms. The molecule has 3 aliphatic heterocycles. The monoisotopic (exact) mass is 336 g/mol. The van der Waals surface area contributed by atoms with Gasteiger partial charge >= 0.3 is 0 Å². The first-order valence-electron chi connectivity index (χ1n) is 8.50. The van der Waals surface area contributed by atoms with Gasteiger partial charge in [-0.25, -0.2) is 0 Å². The van der Waals surface area contributed by atoms with E-state index in [1.165, 1.54) is 5.56 Å². The first kappa shape index (κ1) is 16.6. The molecule has 0 aromatic heterocycles. The number of likely N-dealkylation sites (tertiary alicyclic amines) is 1. The maximum atomic E-state index is 13.0. The maximum absolute atomic E-state index is 13.0. The van der Waals surface area contributed by atoms with Gasteiger partial charge in [-0.05, 0) is 55.2 Å². The fourth-order valence-electron chi connectivity index (χ4n) is 4.20. The van der Waals surface area contributed by atoms with Crippen LogP contribution >= 0.6 is 12.4 Å². The Kier molecular flexibility index (Phi) is 4.83. The SMILES string of the molecule is Cl.O=C(c1cccc2c1CCCN2)N1CCC2(CCOCC2)C1. The molecular weight excluding hydrogens is 312 g/mol. The van der Waals surface area contributed by atoms with Crippen molar-refractivity contribution in [2.24, 2.45) is 5.41 Å². The van der Waals surface area contributed by atoms with Crippen LogP contribution in [0.3, 0.4) is 0 Å². The van der Waals surface area contributed by atoms with E-state index in [1.807, 2.05) is 12.1 Å². The van der Waals surface area contributed by atoms with Crippen molar-refractivity contribution in [3.63, 3.8) is 0 Å². The fraction of sp³-hybridized carbons (Fsp3) is 0.611. The number of ether oxygens (including phenoxy) is 1. The standard InChI is InChI=1S/C18H24N2O2.ClH/c21-17(15-3-1-5-16-14(15)4-2-9-19-16)20-10-6-18(13-20)7-11-22-12-8-18;/h1,3,5,19H,2,4,6-13H2;1H. The van der Waals surface area contributed by atoms with Crippen LogP contribution in [-0.4, -0.2) is 43.7 Å². The Morgan fingerprint density at radius 2 is 2.04 bits per heavy atom. The fourth-order valence-corrected chi connectivity index (χ4v) is 4.20. The lowest BCUT2D eigenvalue weighted by Gasteiger charge is -2.33. The van der Waals surface area contributed by atoms with Crippen molar-refractivity contribution in [2.75, 3.05) is 38.2 Å². The number of hydrogen-bond acceptors (Lipinski definition) is 3. The summed E-state index contributed by atoms with van der Waals surface area (Å²) in [5.74, 6) is 0.226. The molecular formula is C18H25ClN2O2. The zero-order chi connectivity index (χ0) is 15.0. The van der Waals surface area contributed by atoms with Gasteiger partial charge in [-0.15, -0.1) is 12.4 Å². The van der Waals surface area contributed by atoms with Gasteiger partial charge in [0.1, 0.15) is 0 Å². The predicted molar refractivity (Wildman–Crippen MR) is 93.5 cm³/mol. The van der Waals surface area contributed by atoms with E-state index in [4.69, 9.17) is 4.74 Å². The number of hydrogen-bond donors (Lipinski definition) is 1. The zero-order valence-corrected chi connectivity index (χ0v) is 14.3. The summed E-state index contributed by atoms with van der Waals surface area (Å²) in [5, 5.41) is 3.42. The van der Waals surface area contributed by atoms with Crippen molar-refractivity contribution >= 4 is 24.0 Å². The summed E-state index contributed by atoms with van der Waals surface area (Å²) in [5.41, 5.74) is 3.60. The number of carbonyl (C=O) groups excluding carboxylic acids is 1. The van der Waals surface area contributed by atoms with Gasteiger partial charge in [-0.2, -0.15) is 0 Å². The molecule has 4 rings (SSSR count). The van der Waals surface area contributed by atoms with Crippen LogP contribution in [0.1, 0.15) is 41.6 Å². The molecule has 0 radical (unpaired) electrons. The van der Waals surface area contributed by atoms with Gasteiger partial charge in [0.2, 0.25) is 0 Å². The molecule has 23 heavy (non-hydrogen) atoms. The van der Waals surface area contributed by atoms with Gasteiger partial charge in [0, 0.05) is 44.1 Å². The molecule has 0 bridgehead atoms. The van der Waals surface area contributed by atoms with Crippen molar-refractivity contribution in [2.45, 2.75) is 32.1 Å². The molecule has 0 unspecified atom stereocenters. The van der Waals surface area contributed by atoms with Gasteiger partial charge in [-0.3, -0.25) is 4.79 Å². The molecule has 2 fully saturated rings. The van der Waals surface area contributed by atoms with E-state index in [0.717, 1.165) is 76.2 Å². The third kappa shape index (κ3) is 3.07. The van der Waals surface area contributed by atoms with Crippen molar-refractivity contribution in [1.29, 1.82) is 0 Å². The number of anilines is 1. The van der Waals surface area contributed by atoms with Crippen molar-refractivity contribution < 1.29 is 9.53 Å². The number of fused-ring (bicyclic) bond motifs is 1. The van der Waals surface area contributed by atoms with Gasteiger partial charge in [-0.1, -0.05) is 6.07 Å². The van der Waals surface area contributed by atoms with E-state index in [1.54, 1.807) is 0 Å². The Bertz CT molecular complexity index is 584. The lowest BCUT2D eigenvalue weighted by Crippen LogP contribution is -2.36. The van der Waals surface area contributed by atoms with Crippen LogP contribution < -0.4 is 5.32 Å². The third-order valence-electron chi connectivity index (χ3n) is 5.60. The highest BCUT2D eigenvalue weighted by Crippen LogP contribution is 2.40. The van der Waals surface area contributed by atoms with Crippen LogP contribution in [0.15, 0.2) is 18.2 Å². The van der Waals surface area contributed by atoms with Crippen LogP contribution in [-0.2, 0) is 11.2 Å². The van der Waals surface area contributed by atoms with Gasteiger partial charge < -0.3 is 15.0 Å². The highest BCUT2D eigenvalue weighted by atomic mass is 35.5. The topological polar surface area (TPSA) is 41.6 Å². The minimum atomic E-state index is 0. The number of nitrogens with zero attached hydrogens (tertiary/aromatic N) is 1.